The number of morpholine rings is 1. The number of rotatable bonds is 3. The van der Waals surface area contributed by atoms with Gasteiger partial charge in [-0.25, -0.2) is 4.68 Å². The lowest BCUT2D eigenvalue weighted by Gasteiger charge is -2.47. The summed E-state index contributed by atoms with van der Waals surface area (Å²) in [5, 5.41) is 14.7. The van der Waals surface area contributed by atoms with Crippen LogP contribution in [0.1, 0.15) is 5.56 Å². The van der Waals surface area contributed by atoms with Crippen molar-refractivity contribution in [3.63, 3.8) is 0 Å². The van der Waals surface area contributed by atoms with Gasteiger partial charge in [-0.1, -0.05) is 6.07 Å². The first kappa shape index (κ1) is 17.4. The molecule has 2 aliphatic heterocycles. The highest BCUT2D eigenvalue weighted by molar-refractivity contribution is 6.28. The van der Waals surface area contributed by atoms with Crippen molar-refractivity contribution in [1.29, 1.82) is 5.26 Å². The molecule has 0 aliphatic carbocycles. The zero-order valence-electron chi connectivity index (χ0n) is 15.1. The molecule has 2 aromatic heterocycles. The summed E-state index contributed by atoms with van der Waals surface area (Å²) in [7, 11) is 0. The first-order valence-corrected chi connectivity index (χ1v) is 9.59. The lowest BCUT2D eigenvalue weighted by molar-refractivity contribution is 0.0105. The predicted octanol–water partition coefficient (Wildman–Crippen LogP) is 1.86. The smallest absolute Gasteiger partial charge is 0.226 e. The summed E-state index contributed by atoms with van der Waals surface area (Å²) in [6.07, 6.45) is 1.77. The van der Waals surface area contributed by atoms with Crippen LogP contribution in [0.25, 0.3) is 16.7 Å². The van der Waals surface area contributed by atoms with E-state index in [1.165, 1.54) is 0 Å². The highest BCUT2D eigenvalue weighted by atomic mass is 35.5. The molecule has 2 aliphatic rings. The Hall–Kier alpha value is -2.73. The van der Waals surface area contributed by atoms with Gasteiger partial charge in [0.15, 0.2) is 5.65 Å². The molecule has 0 saturated carbocycles. The quantitative estimate of drug-likeness (QED) is 0.626. The topological polar surface area (TPSA) is 83.1 Å². The summed E-state index contributed by atoms with van der Waals surface area (Å²) in [4.78, 5) is 13.6. The SMILES string of the molecule is N#Cc1cccc(-n2ncc3c(N4CC(N5CCOCC5)C4)nc(Cl)nc32)c1. The molecule has 142 valence electrons. The van der Waals surface area contributed by atoms with Crippen LogP contribution in [-0.2, 0) is 4.74 Å². The molecule has 9 heteroatoms. The van der Waals surface area contributed by atoms with Crippen molar-refractivity contribution < 1.29 is 4.74 Å². The van der Waals surface area contributed by atoms with E-state index in [-0.39, 0.29) is 5.28 Å². The van der Waals surface area contributed by atoms with E-state index in [0.717, 1.165) is 56.3 Å². The van der Waals surface area contributed by atoms with Crippen molar-refractivity contribution in [2.75, 3.05) is 44.3 Å². The van der Waals surface area contributed by atoms with Gasteiger partial charge >= 0.3 is 0 Å². The first-order chi connectivity index (χ1) is 13.7. The van der Waals surface area contributed by atoms with Crippen molar-refractivity contribution in [3.8, 4) is 11.8 Å². The van der Waals surface area contributed by atoms with Crippen LogP contribution in [0.15, 0.2) is 30.5 Å². The zero-order chi connectivity index (χ0) is 19.1. The van der Waals surface area contributed by atoms with Crippen LogP contribution in [0.4, 0.5) is 5.82 Å². The summed E-state index contributed by atoms with van der Waals surface area (Å²) in [6, 6.07) is 9.91. The number of halogens is 1. The molecule has 0 atom stereocenters. The van der Waals surface area contributed by atoms with Crippen LogP contribution in [0.2, 0.25) is 5.28 Å². The Bertz CT molecular complexity index is 1060. The molecule has 1 aromatic carbocycles. The van der Waals surface area contributed by atoms with Gasteiger partial charge in [0.05, 0.1) is 42.1 Å². The highest BCUT2D eigenvalue weighted by Crippen LogP contribution is 2.31. The number of ether oxygens (including phenoxy) is 1. The second kappa shape index (κ2) is 7.02. The number of benzene rings is 1. The summed E-state index contributed by atoms with van der Waals surface area (Å²) >= 11 is 6.24. The van der Waals surface area contributed by atoms with Gasteiger partial charge < -0.3 is 9.64 Å². The van der Waals surface area contributed by atoms with Crippen LogP contribution < -0.4 is 4.90 Å². The average Bonchev–Trinajstić information content (AvgIpc) is 3.11. The van der Waals surface area contributed by atoms with Gasteiger partial charge in [0.2, 0.25) is 5.28 Å². The molecule has 0 bridgehead atoms. The fourth-order valence-corrected chi connectivity index (χ4v) is 3.97. The standard InChI is InChI=1S/C19H18ClN7O/c20-19-23-17(26-11-15(12-26)25-4-6-28-7-5-25)16-10-22-27(18(16)24-19)14-3-1-2-13(8-14)9-21/h1-3,8,10,15H,4-7,11-12H2. The predicted molar refractivity (Wildman–Crippen MR) is 105 cm³/mol. The maximum Gasteiger partial charge on any atom is 0.226 e. The normalized spacial score (nSPS) is 18.2. The minimum atomic E-state index is 0.190. The van der Waals surface area contributed by atoms with E-state index in [9.17, 15) is 0 Å². The zero-order valence-corrected chi connectivity index (χ0v) is 15.9. The molecule has 8 nitrogen and oxygen atoms in total. The van der Waals surface area contributed by atoms with E-state index >= 15 is 0 Å². The fraction of sp³-hybridized carbons (Fsp3) is 0.368. The summed E-state index contributed by atoms with van der Waals surface area (Å²) in [5.74, 6) is 0.808. The third kappa shape index (κ3) is 2.98. The molecule has 0 N–H and O–H groups in total. The molecule has 0 amide bonds. The molecule has 2 fully saturated rings. The molecule has 0 radical (unpaired) electrons. The molecule has 3 aromatic rings. The van der Waals surface area contributed by atoms with E-state index in [4.69, 9.17) is 21.6 Å². The number of anilines is 1. The second-order valence-electron chi connectivity index (χ2n) is 6.98. The number of nitrogens with zero attached hydrogens (tertiary/aromatic N) is 7. The monoisotopic (exact) mass is 395 g/mol. The van der Waals surface area contributed by atoms with E-state index in [1.807, 2.05) is 12.1 Å². The maximum atomic E-state index is 9.16. The van der Waals surface area contributed by atoms with Crippen molar-refractivity contribution in [2.24, 2.45) is 0 Å². The Kier molecular flexibility index (Phi) is 4.36. The van der Waals surface area contributed by atoms with Crippen molar-refractivity contribution >= 4 is 28.5 Å². The van der Waals surface area contributed by atoms with Crippen LogP contribution >= 0.6 is 11.6 Å². The largest absolute Gasteiger partial charge is 0.379 e. The van der Waals surface area contributed by atoms with Crippen molar-refractivity contribution in [3.05, 3.63) is 41.3 Å². The molecular weight excluding hydrogens is 378 g/mol. The first-order valence-electron chi connectivity index (χ1n) is 9.21. The number of fused-ring (bicyclic) bond motifs is 1. The molecule has 0 unspecified atom stereocenters. The van der Waals surface area contributed by atoms with Crippen LogP contribution in [0.3, 0.4) is 0 Å². The Labute approximate surface area is 166 Å². The third-order valence-electron chi connectivity index (χ3n) is 5.32. The van der Waals surface area contributed by atoms with E-state index in [0.29, 0.717) is 17.3 Å². The summed E-state index contributed by atoms with van der Waals surface area (Å²) in [6.45, 7) is 5.36. The summed E-state index contributed by atoms with van der Waals surface area (Å²) < 4.78 is 7.14. The van der Waals surface area contributed by atoms with Gasteiger partial charge in [0.1, 0.15) is 5.82 Å². The minimum Gasteiger partial charge on any atom is -0.379 e. The third-order valence-corrected chi connectivity index (χ3v) is 5.49. The minimum absolute atomic E-state index is 0.190. The van der Waals surface area contributed by atoms with Gasteiger partial charge in [-0.3, -0.25) is 4.90 Å². The van der Waals surface area contributed by atoms with Crippen molar-refractivity contribution in [2.45, 2.75) is 6.04 Å². The van der Waals surface area contributed by atoms with Gasteiger partial charge in [0, 0.05) is 32.2 Å². The molecule has 2 saturated heterocycles. The Balaban J connectivity index is 1.46. The lowest BCUT2D eigenvalue weighted by atomic mass is 10.1. The van der Waals surface area contributed by atoms with Gasteiger partial charge in [-0.15, -0.1) is 0 Å². The molecule has 28 heavy (non-hydrogen) atoms. The second-order valence-corrected chi connectivity index (χ2v) is 7.32. The summed E-state index contributed by atoms with van der Waals surface area (Å²) in [5.41, 5.74) is 1.97. The van der Waals surface area contributed by atoms with Gasteiger partial charge in [-0.2, -0.15) is 20.3 Å². The number of aromatic nitrogens is 4. The number of nitriles is 1. The Morgan fingerprint density at radius 3 is 2.79 bits per heavy atom. The maximum absolute atomic E-state index is 9.16. The Morgan fingerprint density at radius 2 is 2.00 bits per heavy atom. The fourth-order valence-electron chi connectivity index (χ4n) is 3.81. The average molecular weight is 396 g/mol. The van der Waals surface area contributed by atoms with Crippen LogP contribution in [0.5, 0.6) is 0 Å². The molecule has 5 rings (SSSR count). The Morgan fingerprint density at radius 1 is 1.18 bits per heavy atom. The number of hydrogen-bond donors (Lipinski definition) is 0. The molecule has 4 heterocycles. The number of hydrogen-bond acceptors (Lipinski definition) is 7. The van der Waals surface area contributed by atoms with E-state index in [1.54, 1.807) is 23.0 Å². The van der Waals surface area contributed by atoms with E-state index < -0.39 is 0 Å². The molecular formula is C19H18ClN7O. The van der Waals surface area contributed by atoms with Crippen LogP contribution in [0, 0.1) is 11.3 Å². The van der Waals surface area contributed by atoms with Gasteiger partial charge in [0.25, 0.3) is 0 Å². The van der Waals surface area contributed by atoms with Gasteiger partial charge in [-0.05, 0) is 29.8 Å². The van der Waals surface area contributed by atoms with Crippen LogP contribution in [-0.4, -0.2) is 70.1 Å². The van der Waals surface area contributed by atoms with Crippen molar-refractivity contribution in [1.82, 2.24) is 24.6 Å². The molecule has 0 spiro atoms. The lowest BCUT2D eigenvalue weighted by Crippen LogP contribution is -2.61. The van der Waals surface area contributed by atoms with E-state index in [2.05, 4.69) is 30.9 Å². The highest BCUT2D eigenvalue weighted by Gasteiger charge is 2.34.